The van der Waals surface area contributed by atoms with Gasteiger partial charge in [0, 0.05) is 0 Å². The van der Waals surface area contributed by atoms with E-state index in [0.29, 0.717) is 11.1 Å². The maximum atomic E-state index is 12.0. The maximum Gasteiger partial charge on any atom is 0.311 e. The van der Waals surface area contributed by atoms with E-state index in [1.807, 2.05) is 45.9 Å². The van der Waals surface area contributed by atoms with E-state index in [-0.39, 0.29) is 11.8 Å². The highest BCUT2D eigenvalue weighted by Crippen LogP contribution is 2.36. The van der Waals surface area contributed by atoms with E-state index >= 15 is 0 Å². The molecular formula is C24H38O4. The van der Waals surface area contributed by atoms with E-state index in [4.69, 9.17) is 0 Å². The highest BCUT2D eigenvalue weighted by molar-refractivity contribution is 5.81. The minimum atomic E-state index is -0.896. The third kappa shape index (κ3) is 6.96. The molecule has 2 N–H and O–H groups in total. The van der Waals surface area contributed by atoms with Gasteiger partial charge in [0.1, 0.15) is 0 Å². The summed E-state index contributed by atoms with van der Waals surface area (Å²) in [4.78, 5) is 23.9. The number of carbonyl (C=O) groups is 2. The fourth-order valence-corrected chi connectivity index (χ4v) is 4.00. The molecule has 1 rings (SSSR count). The van der Waals surface area contributed by atoms with Crippen LogP contribution in [0.15, 0.2) is 18.2 Å². The first kappa shape index (κ1) is 24.2. The first-order valence-corrected chi connectivity index (χ1v) is 10.8. The van der Waals surface area contributed by atoms with Crippen molar-refractivity contribution in [3.8, 4) is 0 Å². The highest BCUT2D eigenvalue weighted by atomic mass is 16.4. The molecular weight excluding hydrogens is 352 g/mol. The van der Waals surface area contributed by atoms with Crippen molar-refractivity contribution in [3.63, 3.8) is 0 Å². The maximum absolute atomic E-state index is 12.0. The lowest BCUT2D eigenvalue weighted by atomic mass is 9.78. The third-order valence-electron chi connectivity index (χ3n) is 5.51. The lowest BCUT2D eigenvalue weighted by molar-refractivity contribution is -0.141. The van der Waals surface area contributed by atoms with Crippen molar-refractivity contribution in [2.75, 3.05) is 0 Å². The Hall–Kier alpha value is -1.84. The average Bonchev–Trinajstić information content (AvgIpc) is 2.58. The van der Waals surface area contributed by atoms with Crippen molar-refractivity contribution in [2.24, 2.45) is 11.8 Å². The first-order valence-electron chi connectivity index (χ1n) is 10.8. The summed E-state index contributed by atoms with van der Waals surface area (Å²) in [6.45, 7) is 9.72. The van der Waals surface area contributed by atoms with Gasteiger partial charge in [0.2, 0.25) is 0 Å². The predicted octanol–water partition coefficient (Wildman–Crippen LogP) is 6.24. The molecule has 0 bridgehead atoms. The van der Waals surface area contributed by atoms with Gasteiger partial charge in [-0.3, -0.25) is 9.59 Å². The molecule has 0 aromatic heterocycles. The van der Waals surface area contributed by atoms with Crippen LogP contribution in [-0.4, -0.2) is 22.2 Å². The smallest absolute Gasteiger partial charge is 0.311 e. The molecule has 0 radical (unpaired) electrons. The Morgan fingerprint density at radius 1 is 0.786 bits per heavy atom. The Bertz CT molecular complexity index is 633. The van der Waals surface area contributed by atoms with E-state index in [0.717, 1.165) is 18.4 Å². The van der Waals surface area contributed by atoms with E-state index in [9.17, 15) is 19.8 Å². The van der Waals surface area contributed by atoms with Gasteiger partial charge >= 0.3 is 11.9 Å². The quantitative estimate of drug-likeness (QED) is 0.391. The zero-order chi connectivity index (χ0) is 21.3. The lowest BCUT2D eigenvalue weighted by Gasteiger charge is -2.26. The number of aliphatic carboxylic acids is 2. The van der Waals surface area contributed by atoms with Crippen LogP contribution in [0.4, 0.5) is 0 Å². The number of carboxylic acid groups (broad SMARTS) is 2. The standard InChI is InChI=1S/C24H38O4/c1-6-7-8-9-10-11-12-18-13-14-19(21(16(2)3)23(25)26)20(15-18)22(17(4)5)24(27)28/h13-17,21-22H,6-12H2,1-5H3,(H,25,26)(H,27,28). The number of carboxylic acids is 2. The summed E-state index contributed by atoms with van der Waals surface area (Å²) in [5.74, 6) is -3.39. The summed E-state index contributed by atoms with van der Waals surface area (Å²) in [6, 6.07) is 5.81. The van der Waals surface area contributed by atoms with E-state index in [1.54, 1.807) is 0 Å². The molecule has 158 valence electrons. The molecule has 1 aromatic rings. The molecule has 4 heteroatoms. The average molecular weight is 391 g/mol. The summed E-state index contributed by atoms with van der Waals surface area (Å²) in [5.41, 5.74) is 2.43. The Kier molecular flexibility index (Phi) is 10.3. The number of rotatable bonds is 13. The van der Waals surface area contributed by atoms with E-state index < -0.39 is 23.8 Å². The van der Waals surface area contributed by atoms with Crippen LogP contribution in [0.25, 0.3) is 0 Å². The molecule has 0 fully saturated rings. The van der Waals surface area contributed by atoms with Gasteiger partial charge in [0.15, 0.2) is 0 Å². The van der Waals surface area contributed by atoms with Crippen molar-refractivity contribution in [1.82, 2.24) is 0 Å². The Morgan fingerprint density at radius 2 is 1.29 bits per heavy atom. The van der Waals surface area contributed by atoms with Gasteiger partial charge in [-0.25, -0.2) is 0 Å². The summed E-state index contributed by atoms with van der Waals surface area (Å²) in [5, 5.41) is 19.6. The zero-order valence-electron chi connectivity index (χ0n) is 18.2. The zero-order valence-corrected chi connectivity index (χ0v) is 18.2. The molecule has 0 aliphatic heterocycles. The fraction of sp³-hybridized carbons (Fsp3) is 0.667. The molecule has 0 saturated heterocycles. The van der Waals surface area contributed by atoms with Gasteiger partial charge in [-0.15, -0.1) is 0 Å². The summed E-state index contributed by atoms with van der Waals surface area (Å²) in [6.07, 6.45) is 8.17. The van der Waals surface area contributed by atoms with Crippen molar-refractivity contribution in [3.05, 3.63) is 34.9 Å². The van der Waals surface area contributed by atoms with Crippen LogP contribution in [0, 0.1) is 11.8 Å². The molecule has 1 aromatic carbocycles. The highest BCUT2D eigenvalue weighted by Gasteiger charge is 2.32. The van der Waals surface area contributed by atoms with Gasteiger partial charge in [-0.2, -0.15) is 0 Å². The molecule has 4 nitrogen and oxygen atoms in total. The molecule has 28 heavy (non-hydrogen) atoms. The molecule has 2 unspecified atom stereocenters. The molecule has 0 aliphatic rings. The fourth-order valence-electron chi connectivity index (χ4n) is 4.00. The Morgan fingerprint density at radius 3 is 1.79 bits per heavy atom. The SMILES string of the molecule is CCCCCCCCc1ccc(C(C(=O)O)C(C)C)c(C(C(=O)O)C(C)C)c1. The molecule has 2 atom stereocenters. The number of hydrogen-bond donors (Lipinski definition) is 2. The van der Waals surface area contributed by atoms with Crippen LogP contribution in [0.1, 0.15) is 102 Å². The number of benzene rings is 1. The predicted molar refractivity (Wildman–Crippen MR) is 114 cm³/mol. The van der Waals surface area contributed by atoms with Crippen LogP contribution < -0.4 is 0 Å². The van der Waals surface area contributed by atoms with E-state index in [1.165, 1.54) is 32.1 Å². The molecule has 0 amide bonds. The minimum absolute atomic E-state index is 0.109. The van der Waals surface area contributed by atoms with Gasteiger partial charge < -0.3 is 10.2 Å². The third-order valence-corrected chi connectivity index (χ3v) is 5.51. The van der Waals surface area contributed by atoms with E-state index in [2.05, 4.69) is 6.92 Å². The van der Waals surface area contributed by atoms with Crippen LogP contribution >= 0.6 is 0 Å². The van der Waals surface area contributed by atoms with Crippen molar-refractivity contribution in [1.29, 1.82) is 0 Å². The Labute approximate surface area is 170 Å². The van der Waals surface area contributed by atoms with Gasteiger partial charge in [-0.1, -0.05) is 84.9 Å². The van der Waals surface area contributed by atoms with Crippen LogP contribution in [0.2, 0.25) is 0 Å². The number of aryl methyl sites for hydroxylation is 1. The number of hydrogen-bond acceptors (Lipinski definition) is 2. The second kappa shape index (κ2) is 11.9. The second-order valence-electron chi connectivity index (χ2n) is 8.60. The van der Waals surface area contributed by atoms with Crippen LogP contribution in [0.5, 0.6) is 0 Å². The van der Waals surface area contributed by atoms with Crippen LogP contribution in [0.3, 0.4) is 0 Å². The normalized spacial score (nSPS) is 13.7. The summed E-state index contributed by atoms with van der Waals surface area (Å²) >= 11 is 0. The Balaban J connectivity index is 3.16. The largest absolute Gasteiger partial charge is 0.481 e. The van der Waals surface area contributed by atoms with Gasteiger partial charge in [-0.05, 0) is 41.4 Å². The number of unbranched alkanes of at least 4 members (excludes halogenated alkanes) is 5. The lowest BCUT2D eigenvalue weighted by Crippen LogP contribution is -2.24. The van der Waals surface area contributed by atoms with Crippen LogP contribution in [-0.2, 0) is 16.0 Å². The summed E-state index contributed by atoms with van der Waals surface area (Å²) in [7, 11) is 0. The monoisotopic (exact) mass is 390 g/mol. The second-order valence-corrected chi connectivity index (χ2v) is 8.60. The summed E-state index contributed by atoms with van der Waals surface area (Å²) < 4.78 is 0. The first-order chi connectivity index (χ1) is 13.2. The topological polar surface area (TPSA) is 74.6 Å². The van der Waals surface area contributed by atoms with Crippen molar-refractivity contribution in [2.45, 2.75) is 91.4 Å². The molecule has 0 heterocycles. The van der Waals surface area contributed by atoms with Gasteiger partial charge in [0.25, 0.3) is 0 Å². The molecule has 0 saturated carbocycles. The minimum Gasteiger partial charge on any atom is -0.481 e. The van der Waals surface area contributed by atoms with Crippen molar-refractivity contribution < 1.29 is 19.8 Å². The molecule has 0 spiro atoms. The van der Waals surface area contributed by atoms with Crippen molar-refractivity contribution >= 4 is 11.9 Å². The van der Waals surface area contributed by atoms with Gasteiger partial charge in [0.05, 0.1) is 11.8 Å². The molecule has 0 aliphatic carbocycles.